The molecule has 16 heavy (non-hydrogen) atoms. The molecule has 0 aliphatic rings. The van der Waals surface area contributed by atoms with Gasteiger partial charge in [0.25, 0.3) is 0 Å². The van der Waals surface area contributed by atoms with Crippen LogP contribution in [0.15, 0.2) is 32.9 Å². The average Bonchev–Trinajstić information content (AvgIpc) is 2.63. The summed E-state index contributed by atoms with van der Waals surface area (Å²) < 4.78 is 0.993. The van der Waals surface area contributed by atoms with Crippen LogP contribution in [0.1, 0.15) is 5.69 Å². The second-order valence-electron chi connectivity index (χ2n) is 3.15. The quantitative estimate of drug-likeness (QED) is 0.673. The van der Waals surface area contributed by atoms with Crippen molar-refractivity contribution in [2.45, 2.75) is 10.6 Å². The van der Waals surface area contributed by atoms with Crippen molar-refractivity contribution in [3.05, 3.63) is 33.7 Å². The first kappa shape index (κ1) is 11.8. The Morgan fingerprint density at radius 1 is 1.38 bits per heavy atom. The number of hydrogen-bond donors (Lipinski definition) is 2. The van der Waals surface area contributed by atoms with Crippen molar-refractivity contribution in [2.24, 2.45) is 0 Å². The molecule has 84 valence electrons. The number of hydrogen-bond acceptors (Lipinski definition) is 5. The summed E-state index contributed by atoms with van der Waals surface area (Å²) in [6.45, 7) is 0. The lowest BCUT2D eigenvalue weighted by Gasteiger charge is -2.04. The Kier molecular flexibility index (Phi) is 3.73. The van der Waals surface area contributed by atoms with E-state index in [4.69, 9.17) is 11.5 Å². The second-order valence-corrected chi connectivity index (χ2v) is 5.97. The number of aromatic nitrogens is 1. The zero-order valence-electron chi connectivity index (χ0n) is 8.31. The maximum Gasteiger partial charge on any atom is 0.180 e. The van der Waals surface area contributed by atoms with Gasteiger partial charge in [-0.05, 0) is 18.2 Å². The minimum atomic E-state index is 0.611. The standard InChI is InChI=1S/C10H10BrN3S2/c11-6-1-2-9(8(12)3-6)15-4-7-5-16-10(13)14-7/h1-3,5H,4,12H2,(H2,13,14). The Bertz CT molecular complexity index is 499. The van der Waals surface area contributed by atoms with Gasteiger partial charge < -0.3 is 11.5 Å². The number of rotatable bonds is 3. The van der Waals surface area contributed by atoms with Crippen LogP contribution >= 0.6 is 39.0 Å². The highest BCUT2D eigenvalue weighted by molar-refractivity contribution is 9.10. The number of nitrogens with zero attached hydrogens (tertiary/aromatic N) is 1. The van der Waals surface area contributed by atoms with Crippen LogP contribution in [0.3, 0.4) is 0 Å². The molecule has 0 unspecified atom stereocenters. The van der Waals surface area contributed by atoms with Crippen LogP contribution in [0.4, 0.5) is 10.8 Å². The van der Waals surface area contributed by atoms with Crippen molar-refractivity contribution in [2.75, 3.05) is 11.5 Å². The topological polar surface area (TPSA) is 64.9 Å². The van der Waals surface area contributed by atoms with E-state index in [0.29, 0.717) is 5.13 Å². The van der Waals surface area contributed by atoms with E-state index in [1.165, 1.54) is 11.3 Å². The van der Waals surface area contributed by atoms with Crippen LogP contribution < -0.4 is 11.5 Å². The van der Waals surface area contributed by atoms with E-state index < -0.39 is 0 Å². The maximum atomic E-state index is 5.90. The molecule has 0 aliphatic carbocycles. The molecule has 4 N–H and O–H groups in total. The fraction of sp³-hybridized carbons (Fsp3) is 0.100. The third-order valence-corrected chi connectivity index (χ3v) is 4.26. The molecule has 0 spiro atoms. The zero-order chi connectivity index (χ0) is 11.5. The molecule has 0 fully saturated rings. The van der Waals surface area contributed by atoms with Crippen molar-refractivity contribution in [3.63, 3.8) is 0 Å². The third-order valence-electron chi connectivity index (χ3n) is 1.92. The Labute approximate surface area is 110 Å². The first-order chi connectivity index (χ1) is 7.65. The zero-order valence-corrected chi connectivity index (χ0v) is 11.5. The highest BCUT2D eigenvalue weighted by atomic mass is 79.9. The summed E-state index contributed by atoms with van der Waals surface area (Å²) in [5.74, 6) is 0.791. The van der Waals surface area contributed by atoms with Crippen LogP contribution in [-0.2, 0) is 5.75 Å². The van der Waals surface area contributed by atoms with E-state index in [2.05, 4.69) is 20.9 Å². The van der Waals surface area contributed by atoms with Crippen LogP contribution in [0.5, 0.6) is 0 Å². The predicted octanol–water partition coefficient (Wildman–Crippen LogP) is 3.36. The number of nitrogen functional groups attached to an aromatic ring is 2. The van der Waals surface area contributed by atoms with Crippen LogP contribution in [0.2, 0.25) is 0 Å². The van der Waals surface area contributed by atoms with E-state index in [1.54, 1.807) is 11.8 Å². The van der Waals surface area contributed by atoms with Gasteiger partial charge in [-0.15, -0.1) is 23.1 Å². The Morgan fingerprint density at radius 2 is 2.19 bits per heavy atom. The second kappa shape index (κ2) is 5.07. The summed E-state index contributed by atoms with van der Waals surface area (Å²) in [4.78, 5) is 5.26. The van der Waals surface area contributed by atoms with Crippen molar-refractivity contribution in [1.82, 2.24) is 4.98 Å². The molecular weight excluding hydrogens is 306 g/mol. The Hall–Kier alpha value is -0.720. The molecule has 1 aromatic heterocycles. The molecule has 2 aromatic rings. The highest BCUT2D eigenvalue weighted by Gasteiger charge is 2.03. The summed E-state index contributed by atoms with van der Waals surface area (Å²) in [6.07, 6.45) is 0. The first-order valence-corrected chi connectivity index (χ1v) is 7.18. The van der Waals surface area contributed by atoms with E-state index >= 15 is 0 Å². The number of nitrogens with two attached hydrogens (primary N) is 2. The number of thioether (sulfide) groups is 1. The van der Waals surface area contributed by atoms with Gasteiger partial charge in [-0.2, -0.15) is 0 Å². The Balaban J connectivity index is 2.04. The fourth-order valence-corrected chi connectivity index (χ4v) is 3.08. The van der Waals surface area contributed by atoms with Gasteiger partial charge in [0.15, 0.2) is 5.13 Å². The molecule has 1 aromatic carbocycles. The van der Waals surface area contributed by atoms with Gasteiger partial charge in [-0.1, -0.05) is 15.9 Å². The lowest BCUT2D eigenvalue weighted by molar-refractivity contribution is 1.24. The van der Waals surface area contributed by atoms with Gasteiger partial charge in [0.2, 0.25) is 0 Å². The minimum absolute atomic E-state index is 0.611. The molecule has 6 heteroatoms. The van der Waals surface area contributed by atoms with Crippen LogP contribution in [-0.4, -0.2) is 4.98 Å². The summed E-state index contributed by atoms with van der Waals surface area (Å²) in [5, 5.41) is 2.58. The lowest BCUT2D eigenvalue weighted by atomic mass is 10.3. The molecule has 0 bridgehead atoms. The summed E-state index contributed by atoms with van der Waals surface area (Å²) in [6, 6.07) is 5.88. The average molecular weight is 316 g/mol. The summed E-state index contributed by atoms with van der Waals surface area (Å²) in [7, 11) is 0. The molecule has 0 atom stereocenters. The summed E-state index contributed by atoms with van der Waals surface area (Å²) >= 11 is 6.50. The smallest absolute Gasteiger partial charge is 0.180 e. The Morgan fingerprint density at radius 3 is 2.81 bits per heavy atom. The molecule has 0 saturated heterocycles. The summed E-state index contributed by atoms with van der Waals surface area (Å²) in [5.41, 5.74) is 13.2. The molecular formula is C10H10BrN3S2. The van der Waals surface area contributed by atoms with Gasteiger partial charge in [0.05, 0.1) is 5.69 Å². The largest absolute Gasteiger partial charge is 0.398 e. The molecule has 0 amide bonds. The van der Waals surface area contributed by atoms with Gasteiger partial charge in [-0.25, -0.2) is 4.98 Å². The number of anilines is 2. The number of halogens is 1. The van der Waals surface area contributed by atoms with E-state index in [0.717, 1.165) is 26.5 Å². The van der Waals surface area contributed by atoms with Crippen molar-refractivity contribution < 1.29 is 0 Å². The van der Waals surface area contributed by atoms with Crippen molar-refractivity contribution in [1.29, 1.82) is 0 Å². The minimum Gasteiger partial charge on any atom is -0.398 e. The molecule has 0 radical (unpaired) electrons. The molecule has 0 aliphatic heterocycles. The van der Waals surface area contributed by atoms with Gasteiger partial charge in [0.1, 0.15) is 0 Å². The van der Waals surface area contributed by atoms with Crippen LogP contribution in [0.25, 0.3) is 0 Å². The van der Waals surface area contributed by atoms with Gasteiger partial charge >= 0.3 is 0 Å². The molecule has 0 saturated carbocycles. The normalized spacial score (nSPS) is 10.6. The van der Waals surface area contributed by atoms with Crippen LogP contribution in [0, 0.1) is 0 Å². The lowest BCUT2D eigenvalue weighted by Crippen LogP contribution is -1.89. The number of thiazole rings is 1. The first-order valence-electron chi connectivity index (χ1n) is 4.53. The highest BCUT2D eigenvalue weighted by Crippen LogP contribution is 2.30. The van der Waals surface area contributed by atoms with E-state index in [1.807, 2.05) is 23.6 Å². The number of benzene rings is 1. The van der Waals surface area contributed by atoms with E-state index in [9.17, 15) is 0 Å². The SMILES string of the molecule is Nc1nc(CSc2ccc(Br)cc2N)cs1. The van der Waals surface area contributed by atoms with Gasteiger partial charge in [-0.3, -0.25) is 0 Å². The molecule has 3 nitrogen and oxygen atoms in total. The van der Waals surface area contributed by atoms with Crippen molar-refractivity contribution >= 4 is 49.8 Å². The molecule has 1 heterocycles. The van der Waals surface area contributed by atoms with Gasteiger partial charge in [0, 0.05) is 26.2 Å². The molecule has 2 rings (SSSR count). The van der Waals surface area contributed by atoms with Crippen molar-refractivity contribution in [3.8, 4) is 0 Å². The monoisotopic (exact) mass is 315 g/mol. The van der Waals surface area contributed by atoms with E-state index in [-0.39, 0.29) is 0 Å². The predicted molar refractivity (Wildman–Crippen MR) is 74.6 cm³/mol. The maximum absolute atomic E-state index is 5.90. The third kappa shape index (κ3) is 2.90. The fourth-order valence-electron chi connectivity index (χ4n) is 1.19.